The molecule has 0 fully saturated rings. The molecule has 0 radical (unpaired) electrons. The summed E-state index contributed by atoms with van der Waals surface area (Å²) in [4.78, 5) is 21.4. The lowest BCUT2D eigenvalue weighted by atomic mass is 10.2. The van der Waals surface area contributed by atoms with Gasteiger partial charge in [0.15, 0.2) is 0 Å². The van der Waals surface area contributed by atoms with Crippen LogP contribution in [0.1, 0.15) is 15.2 Å². The summed E-state index contributed by atoms with van der Waals surface area (Å²) in [5.74, 6) is -0.000422. The summed E-state index contributed by atoms with van der Waals surface area (Å²) in [6.07, 6.45) is 3.17. The van der Waals surface area contributed by atoms with Crippen LogP contribution in [-0.4, -0.2) is 25.7 Å². The number of nitrogens with one attached hydrogen (secondary N) is 1. The molecule has 0 aliphatic rings. The first-order valence-electron chi connectivity index (χ1n) is 8.14. The smallest absolute Gasteiger partial charge is 0.269 e. The van der Waals surface area contributed by atoms with Crippen molar-refractivity contribution in [1.82, 2.24) is 19.7 Å². The second kappa shape index (κ2) is 7.81. The molecule has 8 heteroatoms. The van der Waals surface area contributed by atoms with E-state index in [2.05, 4.69) is 36.3 Å². The fraction of sp³-hybridized carbons (Fsp3) is 0.0526. The number of thiazole rings is 1. The first-order valence-corrected chi connectivity index (χ1v) is 9.75. The number of carbonyl (C=O) groups excluding carboxylic acids is 1. The SMILES string of the molecule is O=C(Nc1ncn(Cc2cccc(Br)c2)n1)c1cnc(-c2ccccc2)s1. The van der Waals surface area contributed by atoms with Crippen LogP contribution in [0.2, 0.25) is 0 Å². The lowest BCUT2D eigenvalue weighted by Crippen LogP contribution is -2.12. The molecule has 27 heavy (non-hydrogen) atoms. The van der Waals surface area contributed by atoms with E-state index in [0.29, 0.717) is 11.4 Å². The number of anilines is 1. The van der Waals surface area contributed by atoms with Crippen molar-refractivity contribution in [3.05, 3.63) is 82.0 Å². The molecule has 0 aliphatic heterocycles. The Morgan fingerprint density at radius 3 is 2.78 bits per heavy atom. The van der Waals surface area contributed by atoms with Gasteiger partial charge in [-0.25, -0.2) is 14.6 Å². The van der Waals surface area contributed by atoms with Gasteiger partial charge in [-0.2, -0.15) is 0 Å². The highest BCUT2D eigenvalue weighted by Crippen LogP contribution is 2.25. The van der Waals surface area contributed by atoms with Crippen LogP contribution in [0.4, 0.5) is 5.95 Å². The highest BCUT2D eigenvalue weighted by molar-refractivity contribution is 9.10. The van der Waals surface area contributed by atoms with Crippen molar-refractivity contribution in [3.63, 3.8) is 0 Å². The van der Waals surface area contributed by atoms with Crippen LogP contribution >= 0.6 is 27.3 Å². The van der Waals surface area contributed by atoms with E-state index < -0.39 is 0 Å². The number of aromatic nitrogens is 4. The number of rotatable bonds is 5. The molecular formula is C19H14BrN5OS. The van der Waals surface area contributed by atoms with Gasteiger partial charge in [-0.3, -0.25) is 10.1 Å². The van der Waals surface area contributed by atoms with Crippen LogP contribution in [-0.2, 0) is 6.54 Å². The molecule has 0 atom stereocenters. The Hall–Kier alpha value is -2.84. The summed E-state index contributed by atoms with van der Waals surface area (Å²) in [5.41, 5.74) is 2.07. The monoisotopic (exact) mass is 439 g/mol. The van der Waals surface area contributed by atoms with Gasteiger partial charge >= 0.3 is 0 Å². The van der Waals surface area contributed by atoms with Crippen LogP contribution in [0, 0.1) is 0 Å². The first kappa shape index (κ1) is 17.6. The predicted molar refractivity (Wildman–Crippen MR) is 109 cm³/mol. The number of hydrogen-bond acceptors (Lipinski definition) is 5. The molecule has 0 bridgehead atoms. The zero-order valence-corrected chi connectivity index (χ0v) is 16.4. The van der Waals surface area contributed by atoms with Gasteiger partial charge in [-0.05, 0) is 17.7 Å². The minimum Gasteiger partial charge on any atom is -0.288 e. The Morgan fingerprint density at radius 2 is 1.96 bits per heavy atom. The van der Waals surface area contributed by atoms with E-state index in [0.717, 1.165) is 20.6 Å². The van der Waals surface area contributed by atoms with Crippen LogP contribution in [0.5, 0.6) is 0 Å². The van der Waals surface area contributed by atoms with Gasteiger partial charge in [0.2, 0.25) is 5.95 Å². The van der Waals surface area contributed by atoms with Gasteiger partial charge in [0.25, 0.3) is 5.91 Å². The molecule has 2 aromatic carbocycles. The largest absolute Gasteiger partial charge is 0.288 e. The summed E-state index contributed by atoms with van der Waals surface area (Å²) in [6.45, 7) is 0.570. The number of amides is 1. The molecule has 1 amide bonds. The van der Waals surface area contributed by atoms with E-state index in [1.54, 1.807) is 17.2 Å². The molecule has 0 saturated heterocycles. The molecular weight excluding hydrogens is 426 g/mol. The van der Waals surface area contributed by atoms with E-state index >= 15 is 0 Å². The molecule has 4 rings (SSSR count). The number of nitrogens with zero attached hydrogens (tertiary/aromatic N) is 4. The molecule has 0 unspecified atom stereocenters. The summed E-state index contributed by atoms with van der Waals surface area (Å²) >= 11 is 4.78. The third-order valence-corrected chi connectivity index (χ3v) is 5.28. The van der Waals surface area contributed by atoms with Crippen molar-refractivity contribution in [2.24, 2.45) is 0 Å². The van der Waals surface area contributed by atoms with Gasteiger partial charge in [0.1, 0.15) is 16.2 Å². The summed E-state index contributed by atoms with van der Waals surface area (Å²) < 4.78 is 2.69. The number of halogens is 1. The number of hydrogen-bond donors (Lipinski definition) is 1. The zero-order chi connectivity index (χ0) is 18.6. The maximum atomic E-state index is 12.4. The summed E-state index contributed by atoms with van der Waals surface area (Å²) in [5, 5.41) is 7.83. The molecule has 2 aromatic heterocycles. The topological polar surface area (TPSA) is 72.7 Å². The van der Waals surface area contributed by atoms with Gasteiger partial charge < -0.3 is 0 Å². The molecule has 6 nitrogen and oxygen atoms in total. The van der Waals surface area contributed by atoms with Crippen molar-refractivity contribution < 1.29 is 4.79 Å². The van der Waals surface area contributed by atoms with Crippen molar-refractivity contribution in [2.45, 2.75) is 6.54 Å². The van der Waals surface area contributed by atoms with Gasteiger partial charge in [0, 0.05) is 10.0 Å². The van der Waals surface area contributed by atoms with Gasteiger partial charge in [-0.1, -0.05) is 58.4 Å². The fourth-order valence-corrected chi connectivity index (χ4v) is 3.77. The van der Waals surface area contributed by atoms with E-state index in [4.69, 9.17) is 0 Å². The quantitative estimate of drug-likeness (QED) is 0.497. The van der Waals surface area contributed by atoms with Crippen molar-refractivity contribution >= 4 is 39.1 Å². The third kappa shape index (κ3) is 4.29. The fourth-order valence-electron chi connectivity index (χ4n) is 2.51. The maximum Gasteiger partial charge on any atom is 0.269 e. The second-order valence-corrected chi connectivity index (χ2v) is 7.69. The summed E-state index contributed by atoms with van der Waals surface area (Å²) in [7, 11) is 0. The molecule has 0 aliphatic carbocycles. The highest BCUT2D eigenvalue weighted by atomic mass is 79.9. The number of carbonyl (C=O) groups is 1. The minimum atomic E-state index is -0.269. The standard InChI is InChI=1S/C19H14BrN5OS/c20-15-8-4-5-13(9-15)11-25-12-22-19(24-25)23-17(26)16-10-21-18(27-16)14-6-2-1-3-7-14/h1-10,12H,11H2,(H,23,24,26). The lowest BCUT2D eigenvalue weighted by Gasteiger charge is -2.01. The van der Waals surface area contributed by atoms with Crippen LogP contribution in [0.3, 0.4) is 0 Å². The van der Waals surface area contributed by atoms with Crippen molar-refractivity contribution in [2.75, 3.05) is 5.32 Å². The van der Waals surface area contributed by atoms with Crippen molar-refractivity contribution in [1.29, 1.82) is 0 Å². The van der Waals surface area contributed by atoms with Crippen LogP contribution < -0.4 is 5.32 Å². The Kier molecular flexibility index (Phi) is 5.08. The minimum absolute atomic E-state index is 0.268. The zero-order valence-electron chi connectivity index (χ0n) is 14.0. The Labute approximate surface area is 168 Å². The summed E-state index contributed by atoms with van der Waals surface area (Å²) in [6, 6.07) is 17.7. The second-order valence-electron chi connectivity index (χ2n) is 5.75. The Morgan fingerprint density at radius 1 is 1.11 bits per heavy atom. The van der Waals surface area contributed by atoms with E-state index in [9.17, 15) is 4.79 Å². The molecule has 0 saturated carbocycles. The van der Waals surface area contributed by atoms with E-state index in [1.807, 2.05) is 54.6 Å². The lowest BCUT2D eigenvalue weighted by molar-refractivity contribution is 0.102. The van der Waals surface area contributed by atoms with E-state index in [1.165, 1.54) is 11.3 Å². The normalized spacial score (nSPS) is 10.7. The average Bonchev–Trinajstić information content (AvgIpc) is 3.32. The number of benzene rings is 2. The van der Waals surface area contributed by atoms with Gasteiger partial charge in [0.05, 0.1) is 12.7 Å². The van der Waals surface area contributed by atoms with Crippen LogP contribution in [0.25, 0.3) is 10.6 Å². The molecule has 4 aromatic rings. The average molecular weight is 440 g/mol. The first-order chi connectivity index (χ1) is 13.2. The van der Waals surface area contributed by atoms with E-state index in [-0.39, 0.29) is 11.9 Å². The third-order valence-electron chi connectivity index (χ3n) is 3.75. The van der Waals surface area contributed by atoms with Crippen molar-refractivity contribution in [3.8, 4) is 10.6 Å². The molecule has 0 spiro atoms. The molecule has 1 N–H and O–H groups in total. The predicted octanol–water partition coefficient (Wildman–Crippen LogP) is 4.46. The van der Waals surface area contributed by atoms with Crippen LogP contribution in [0.15, 0.2) is 71.6 Å². The van der Waals surface area contributed by atoms with Gasteiger partial charge in [-0.15, -0.1) is 16.4 Å². The molecule has 2 heterocycles. The maximum absolute atomic E-state index is 12.4. The molecule has 134 valence electrons. The Balaban J connectivity index is 1.43. The Bertz CT molecular complexity index is 1080. The highest BCUT2D eigenvalue weighted by Gasteiger charge is 2.14.